The minimum atomic E-state index is -0.0316. The SMILES string of the molecule is CC1CCc2ccccc2N1CCC(=O)NCc1ccccc1OCCO. The maximum absolute atomic E-state index is 12.4. The average Bonchev–Trinajstić information content (AvgIpc) is 2.70. The van der Waals surface area contributed by atoms with Crippen molar-refractivity contribution in [2.45, 2.75) is 38.8 Å². The Morgan fingerprint density at radius 3 is 2.85 bits per heavy atom. The van der Waals surface area contributed by atoms with Crippen LogP contribution in [0.15, 0.2) is 48.5 Å². The predicted octanol–water partition coefficient (Wildman–Crippen LogP) is 2.91. The number of para-hydroxylation sites is 2. The number of anilines is 1. The highest BCUT2D eigenvalue weighted by molar-refractivity contribution is 5.76. The number of fused-ring (bicyclic) bond motifs is 1. The molecule has 1 amide bonds. The van der Waals surface area contributed by atoms with Gasteiger partial charge in [-0.15, -0.1) is 0 Å². The Bertz CT molecular complexity index is 763. The summed E-state index contributed by atoms with van der Waals surface area (Å²) in [6.07, 6.45) is 2.68. The summed E-state index contributed by atoms with van der Waals surface area (Å²) >= 11 is 0. The van der Waals surface area contributed by atoms with Crippen LogP contribution in [0.3, 0.4) is 0 Å². The summed E-state index contributed by atoms with van der Waals surface area (Å²) in [4.78, 5) is 14.7. The number of hydrogen-bond donors (Lipinski definition) is 2. The molecular formula is C22H28N2O3. The zero-order valence-electron chi connectivity index (χ0n) is 15.9. The van der Waals surface area contributed by atoms with Crippen molar-refractivity contribution < 1.29 is 14.6 Å². The maximum atomic E-state index is 12.4. The smallest absolute Gasteiger partial charge is 0.222 e. The van der Waals surface area contributed by atoms with Gasteiger partial charge in [0.2, 0.25) is 5.91 Å². The van der Waals surface area contributed by atoms with Crippen molar-refractivity contribution in [1.29, 1.82) is 0 Å². The maximum Gasteiger partial charge on any atom is 0.222 e. The second-order valence-electron chi connectivity index (χ2n) is 6.92. The number of hydrogen-bond acceptors (Lipinski definition) is 4. The van der Waals surface area contributed by atoms with E-state index in [1.807, 2.05) is 24.3 Å². The van der Waals surface area contributed by atoms with Crippen LogP contribution < -0.4 is 15.0 Å². The number of nitrogens with zero attached hydrogens (tertiary/aromatic N) is 1. The average molecular weight is 368 g/mol. The molecular weight excluding hydrogens is 340 g/mol. The van der Waals surface area contributed by atoms with Crippen LogP contribution in [0.25, 0.3) is 0 Å². The van der Waals surface area contributed by atoms with Crippen LogP contribution in [0.1, 0.15) is 30.9 Å². The monoisotopic (exact) mass is 368 g/mol. The lowest BCUT2D eigenvalue weighted by Gasteiger charge is -2.37. The lowest BCUT2D eigenvalue weighted by atomic mass is 9.96. The molecule has 0 fully saturated rings. The van der Waals surface area contributed by atoms with Crippen LogP contribution in [0, 0.1) is 0 Å². The van der Waals surface area contributed by atoms with Crippen molar-refractivity contribution in [3.8, 4) is 5.75 Å². The molecule has 0 aliphatic carbocycles. The summed E-state index contributed by atoms with van der Waals surface area (Å²) in [5.41, 5.74) is 3.54. The van der Waals surface area contributed by atoms with Crippen molar-refractivity contribution >= 4 is 11.6 Å². The molecule has 3 rings (SSSR count). The minimum Gasteiger partial charge on any atom is -0.491 e. The van der Waals surface area contributed by atoms with Gasteiger partial charge >= 0.3 is 0 Å². The van der Waals surface area contributed by atoms with Crippen molar-refractivity contribution in [2.75, 3.05) is 24.7 Å². The first-order valence-corrected chi connectivity index (χ1v) is 9.62. The molecule has 0 saturated carbocycles. The molecule has 5 heteroatoms. The zero-order chi connectivity index (χ0) is 19.1. The standard InChI is InChI=1S/C22H28N2O3/c1-17-10-11-18-6-2-4-8-20(18)24(17)13-12-22(26)23-16-19-7-3-5-9-21(19)27-15-14-25/h2-9,17,25H,10-16H2,1H3,(H,23,26). The minimum absolute atomic E-state index is 0.0298. The summed E-state index contributed by atoms with van der Waals surface area (Å²) in [5.74, 6) is 0.729. The number of rotatable bonds is 8. The number of nitrogens with one attached hydrogen (secondary N) is 1. The van der Waals surface area contributed by atoms with Crippen molar-refractivity contribution in [3.63, 3.8) is 0 Å². The lowest BCUT2D eigenvalue weighted by molar-refractivity contribution is -0.121. The van der Waals surface area contributed by atoms with E-state index in [0.29, 0.717) is 31.3 Å². The number of carbonyl (C=O) groups is 1. The molecule has 0 spiro atoms. The second kappa shape index (κ2) is 9.42. The third kappa shape index (κ3) is 5.01. The highest BCUT2D eigenvalue weighted by Crippen LogP contribution is 2.30. The number of aliphatic hydroxyl groups excluding tert-OH is 1. The molecule has 2 N–H and O–H groups in total. The topological polar surface area (TPSA) is 61.8 Å². The molecule has 0 radical (unpaired) electrons. The van der Waals surface area contributed by atoms with Gasteiger partial charge in [-0.1, -0.05) is 36.4 Å². The lowest BCUT2D eigenvalue weighted by Crippen LogP contribution is -2.39. The zero-order valence-corrected chi connectivity index (χ0v) is 15.9. The number of amides is 1. The van der Waals surface area contributed by atoms with Gasteiger partial charge in [-0.3, -0.25) is 4.79 Å². The van der Waals surface area contributed by atoms with Gasteiger partial charge in [-0.25, -0.2) is 0 Å². The van der Waals surface area contributed by atoms with Crippen molar-refractivity contribution in [3.05, 3.63) is 59.7 Å². The van der Waals surface area contributed by atoms with Gasteiger partial charge in [0.05, 0.1) is 6.61 Å². The quantitative estimate of drug-likeness (QED) is 0.752. The fourth-order valence-corrected chi connectivity index (χ4v) is 3.55. The van der Waals surface area contributed by atoms with Crippen LogP contribution in [0.2, 0.25) is 0 Å². The van der Waals surface area contributed by atoms with Gasteiger partial charge < -0.3 is 20.1 Å². The Hall–Kier alpha value is -2.53. The van der Waals surface area contributed by atoms with E-state index in [1.165, 1.54) is 11.3 Å². The number of carbonyl (C=O) groups excluding carboxylic acids is 1. The van der Waals surface area contributed by atoms with Gasteiger partial charge in [0.25, 0.3) is 0 Å². The van der Waals surface area contributed by atoms with E-state index >= 15 is 0 Å². The third-order valence-corrected chi connectivity index (χ3v) is 5.04. The molecule has 1 unspecified atom stereocenters. The molecule has 1 atom stereocenters. The Morgan fingerprint density at radius 1 is 1.22 bits per heavy atom. The molecule has 2 aromatic carbocycles. The van der Waals surface area contributed by atoms with Crippen LogP contribution >= 0.6 is 0 Å². The molecule has 27 heavy (non-hydrogen) atoms. The molecule has 1 heterocycles. The largest absolute Gasteiger partial charge is 0.491 e. The Morgan fingerprint density at radius 2 is 2.00 bits per heavy atom. The van der Waals surface area contributed by atoms with E-state index in [9.17, 15) is 4.79 Å². The van der Waals surface area contributed by atoms with Crippen LogP contribution in [0.5, 0.6) is 5.75 Å². The molecule has 2 aromatic rings. The molecule has 0 bridgehead atoms. The van der Waals surface area contributed by atoms with Gasteiger partial charge in [0.15, 0.2) is 0 Å². The number of benzene rings is 2. The molecule has 144 valence electrons. The van der Waals surface area contributed by atoms with E-state index in [-0.39, 0.29) is 19.1 Å². The van der Waals surface area contributed by atoms with E-state index in [2.05, 4.69) is 41.4 Å². The molecule has 5 nitrogen and oxygen atoms in total. The Kier molecular flexibility index (Phi) is 6.71. The van der Waals surface area contributed by atoms with Crippen LogP contribution in [-0.2, 0) is 17.8 Å². The van der Waals surface area contributed by atoms with Gasteiger partial charge in [0, 0.05) is 36.8 Å². The second-order valence-corrected chi connectivity index (χ2v) is 6.92. The van der Waals surface area contributed by atoms with E-state index in [1.54, 1.807) is 0 Å². The summed E-state index contributed by atoms with van der Waals surface area (Å²) < 4.78 is 5.52. The first kappa shape index (κ1) is 19.2. The normalized spacial score (nSPS) is 15.9. The fourth-order valence-electron chi connectivity index (χ4n) is 3.55. The van der Waals surface area contributed by atoms with Crippen molar-refractivity contribution in [2.24, 2.45) is 0 Å². The van der Waals surface area contributed by atoms with E-state index in [0.717, 1.165) is 18.4 Å². The number of aryl methyl sites for hydroxylation is 1. The van der Waals surface area contributed by atoms with Gasteiger partial charge in [-0.2, -0.15) is 0 Å². The van der Waals surface area contributed by atoms with Gasteiger partial charge in [0.1, 0.15) is 12.4 Å². The van der Waals surface area contributed by atoms with E-state index in [4.69, 9.17) is 9.84 Å². The summed E-state index contributed by atoms with van der Waals surface area (Å²) in [5, 5.41) is 11.9. The van der Waals surface area contributed by atoms with Gasteiger partial charge in [-0.05, 0) is 37.5 Å². The van der Waals surface area contributed by atoms with Crippen LogP contribution in [0.4, 0.5) is 5.69 Å². The summed E-state index contributed by atoms with van der Waals surface area (Å²) in [6.45, 7) is 3.58. The Balaban J connectivity index is 1.54. The highest BCUT2D eigenvalue weighted by atomic mass is 16.5. The Labute approximate surface area is 161 Å². The first-order valence-electron chi connectivity index (χ1n) is 9.62. The molecule has 1 aliphatic rings. The summed E-state index contributed by atoms with van der Waals surface area (Å²) in [7, 11) is 0. The van der Waals surface area contributed by atoms with E-state index < -0.39 is 0 Å². The molecule has 0 saturated heterocycles. The predicted molar refractivity (Wildman–Crippen MR) is 107 cm³/mol. The number of aliphatic hydroxyl groups is 1. The highest BCUT2D eigenvalue weighted by Gasteiger charge is 2.22. The first-order chi connectivity index (χ1) is 13.2. The summed E-state index contributed by atoms with van der Waals surface area (Å²) in [6, 6.07) is 16.5. The van der Waals surface area contributed by atoms with Crippen molar-refractivity contribution in [1.82, 2.24) is 5.32 Å². The third-order valence-electron chi connectivity index (χ3n) is 5.04. The molecule has 0 aromatic heterocycles. The number of ether oxygens (including phenoxy) is 1. The fraction of sp³-hybridized carbons (Fsp3) is 0.409. The molecule has 1 aliphatic heterocycles. The van der Waals surface area contributed by atoms with Crippen LogP contribution in [-0.4, -0.2) is 36.8 Å².